The molecule has 0 aromatic rings. The summed E-state index contributed by atoms with van der Waals surface area (Å²) >= 11 is -2.90. The van der Waals surface area contributed by atoms with E-state index in [1.54, 1.807) is 0 Å². The number of hydrogen-bond acceptors (Lipinski definition) is 5. The maximum absolute atomic E-state index is 8.70. The largest absolute Gasteiger partial charge is 0.692 e. The summed E-state index contributed by atoms with van der Waals surface area (Å²) in [6, 6.07) is 0. The van der Waals surface area contributed by atoms with Crippen LogP contribution in [0, 0.1) is 0 Å². The third kappa shape index (κ3) is 41.3. The van der Waals surface area contributed by atoms with Crippen LogP contribution in [0.2, 0.25) is 11.6 Å². The lowest BCUT2D eigenvalue weighted by molar-refractivity contribution is 0.0360. The second kappa shape index (κ2) is 14.1. The summed E-state index contributed by atoms with van der Waals surface area (Å²) in [4.78, 5) is 14.2. The van der Waals surface area contributed by atoms with Crippen molar-refractivity contribution in [3.63, 3.8) is 0 Å². The van der Waals surface area contributed by atoms with Gasteiger partial charge >= 0.3 is 37.9 Å². The lowest BCUT2D eigenvalue weighted by atomic mass is 10.2. The van der Waals surface area contributed by atoms with E-state index >= 15 is 0 Å². The van der Waals surface area contributed by atoms with Crippen molar-refractivity contribution < 1.29 is 29.5 Å². The van der Waals surface area contributed by atoms with E-state index in [0.717, 1.165) is 0 Å². The van der Waals surface area contributed by atoms with Gasteiger partial charge in [-0.25, -0.2) is 0 Å². The molecule has 0 aromatic carbocycles. The van der Waals surface area contributed by atoms with Gasteiger partial charge in [-0.05, 0) is 83.1 Å². The van der Waals surface area contributed by atoms with Gasteiger partial charge in [-0.15, -0.1) is 9.79 Å². The third-order valence-electron chi connectivity index (χ3n) is 2.08. The summed E-state index contributed by atoms with van der Waals surface area (Å²) in [6.07, 6.45) is 0. The molecule has 2 N–H and O–H groups in total. The molecular weight excluding hydrogens is 413 g/mol. The van der Waals surface area contributed by atoms with Crippen molar-refractivity contribution in [1.29, 1.82) is 0 Å². The standard InChI is InChI=1S/4C4H9O.2CH3.2Al.HO3P/c4*1-4(2,3)5;;;;;1-4(2)3/h4*1-3H3;2*1H3;;;(H-,1,2,3)/q4*-1;;;2*+2;/p+1. The Kier molecular flexibility index (Phi) is 16.9. The van der Waals surface area contributed by atoms with Crippen LogP contribution >= 0.6 is 8.25 Å². The molecule has 28 heavy (non-hydrogen) atoms. The lowest BCUT2D eigenvalue weighted by Gasteiger charge is -2.29. The quantitative estimate of drug-likeness (QED) is 0.448. The van der Waals surface area contributed by atoms with Crippen LogP contribution in [0.15, 0.2) is 0 Å². The van der Waals surface area contributed by atoms with Crippen molar-refractivity contribution in [2.45, 2.75) is 117 Å². The zero-order valence-corrected chi connectivity index (χ0v) is 23.7. The van der Waals surface area contributed by atoms with Crippen molar-refractivity contribution in [2.24, 2.45) is 0 Å². The Hall–Kier alpha value is 0.925. The topological polar surface area (TPSA) is 94.5 Å². The van der Waals surface area contributed by atoms with Gasteiger partial charge < -0.3 is 15.2 Å². The molecular formula is C18H44Al2O7P+. The first-order valence-electron chi connectivity index (χ1n) is 9.50. The second-order valence-electron chi connectivity index (χ2n) is 10.3. The predicted octanol–water partition coefficient (Wildman–Crippen LogP) is 5.10. The normalized spacial score (nSPS) is 12.3. The minimum absolute atomic E-state index is 0.0725. The highest BCUT2D eigenvalue weighted by molar-refractivity contribution is 7.30. The second-order valence-corrected chi connectivity index (χ2v) is 14.0. The van der Waals surface area contributed by atoms with Gasteiger partial charge in [0.25, 0.3) is 0 Å². The van der Waals surface area contributed by atoms with E-state index in [1.165, 1.54) is 0 Å². The van der Waals surface area contributed by atoms with Crippen LogP contribution in [0.1, 0.15) is 83.1 Å². The molecule has 0 aliphatic rings. The van der Waals surface area contributed by atoms with Crippen LogP contribution in [-0.4, -0.2) is 61.8 Å². The monoisotopic (exact) mass is 457 g/mol. The van der Waals surface area contributed by atoms with Gasteiger partial charge in [-0.1, -0.05) is 11.6 Å². The van der Waals surface area contributed by atoms with E-state index in [4.69, 9.17) is 29.5 Å². The Morgan fingerprint density at radius 2 is 0.643 bits per heavy atom. The molecule has 10 heteroatoms. The summed E-state index contributed by atoms with van der Waals surface area (Å²) in [7, 11) is -2.87. The molecule has 0 spiro atoms. The molecule has 0 aliphatic carbocycles. The van der Waals surface area contributed by atoms with Gasteiger partial charge in [0.1, 0.15) is 0 Å². The van der Waals surface area contributed by atoms with Crippen LogP contribution in [0.25, 0.3) is 0 Å². The van der Waals surface area contributed by atoms with Gasteiger partial charge in [0.15, 0.2) is 0 Å². The molecule has 168 valence electrons. The minimum atomic E-state index is -2.87. The molecule has 0 aromatic heterocycles. The zero-order chi connectivity index (χ0) is 23.6. The molecule has 0 heterocycles. The van der Waals surface area contributed by atoms with E-state index in [9.17, 15) is 0 Å². The maximum atomic E-state index is 8.70. The Morgan fingerprint density at radius 3 is 0.714 bits per heavy atom. The van der Waals surface area contributed by atoms with Crippen molar-refractivity contribution in [3.8, 4) is 0 Å². The Morgan fingerprint density at radius 1 is 0.536 bits per heavy atom. The fraction of sp³-hybridized carbons (Fsp3) is 1.00. The molecule has 0 saturated carbocycles. The summed E-state index contributed by atoms with van der Waals surface area (Å²) < 4.78 is 31.6. The highest BCUT2D eigenvalue weighted by Gasteiger charge is 2.29. The molecule has 0 atom stereocenters. The Bertz CT molecular complexity index is 352. The highest BCUT2D eigenvalue weighted by Crippen LogP contribution is 2.15. The average Bonchev–Trinajstić information content (AvgIpc) is 2.15. The first-order valence-corrected chi connectivity index (χ1v) is 14.9. The molecule has 7 nitrogen and oxygen atoms in total. The van der Waals surface area contributed by atoms with Crippen LogP contribution in [-0.2, 0) is 19.7 Å². The van der Waals surface area contributed by atoms with E-state index in [1.807, 2.05) is 0 Å². The fourth-order valence-electron chi connectivity index (χ4n) is 2.04. The Labute approximate surface area is 184 Å². The third-order valence-corrected chi connectivity index (χ3v) is 6.23. The molecule has 0 amide bonds. The van der Waals surface area contributed by atoms with Crippen molar-refractivity contribution in [2.75, 3.05) is 0 Å². The maximum Gasteiger partial charge on any atom is 0.692 e. The van der Waals surface area contributed by atoms with Crippen molar-refractivity contribution >= 4 is 37.9 Å². The van der Waals surface area contributed by atoms with Crippen molar-refractivity contribution in [3.05, 3.63) is 0 Å². The highest BCUT2D eigenvalue weighted by atomic mass is 31.1. The zero-order valence-electron chi connectivity index (χ0n) is 20.5. The fourth-order valence-corrected chi connectivity index (χ4v) is 6.12. The first-order chi connectivity index (χ1) is 11.9. The molecule has 0 bridgehead atoms. The van der Waals surface area contributed by atoms with Gasteiger partial charge in [-0.3, -0.25) is 0 Å². The van der Waals surface area contributed by atoms with Crippen LogP contribution in [0.5, 0.6) is 0 Å². The van der Waals surface area contributed by atoms with E-state index in [2.05, 4.69) is 94.7 Å². The average molecular weight is 457 g/mol. The van der Waals surface area contributed by atoms with Gasteiger partial charge in [0.2, 0.25) is 0 Å². The van der Waals surface area contributed by atoms with Crippen LogP contribution in [0.3, 0.4) is 0 Å². The molecule has 0 fully saturated rings. The first kappa shape index (κ1) is 33.6. The molecule has 0 unspecified atom stereocenters. The molecule has 0 saturated heterocycles. The van der Waals surface area contributed by atoms with Crippen LogP contribution in [0.4, 0.5) is 0 Å². The summed E-state index contributed by atoms with van der Waals surface area (Å²) in [6.45, 7) is 24.7. The number of hydrogen-bond donors (Lipinski definition) is 2. The van der Waals surface area contributed by atoms with Crippen LogP contribution < -0.4 is 0 Å². The smallest absolute Gasteiger partial charge is 0.474 e. The lowest BCUT2D eigenvalue weighted by Crippen LogP contribution is -2.36. The Balaban J connectivity index is -0.000000375. The van der Waals surface area contributed by atoms with E-state index < -0.39 is 37.9 Å². The SMILES string of the molecule is O=[P+](O)O.[CH3][Al]([O]C(C)(C)C)[O]C(C)(C)C.[CH3][Al]([O]C(C)(C)C)[O]C(C)(C)C. The summed E-state index contributed by atoms with van der Waals surface area (Å²) in [5.74, 6) is 4.13. The molecule has 0 radical (unpaired) electrons. The van der Waals surface area contributed by atoms with Gasteiger partial charge in [-0.2, -0.15) is 0 Å². The van der Waals surface area contributed by atoms with Gasteiger partial charge in [0, 0.05) is 27.0 Å². The van der Waals surface area contributed by atoms with E-state index in [-0.39, 0.29) is 22.4 Å². The molecule has 0 rings (SSSR count). The summed E-state index contributed by atoms with van der Waals surface area (Å²) in [5, 5.41) is 0. The number of rotatable bonds is 4. The van der Waals surface area contributed by atoms with Crippen molar-refractivity contribution in [1.82, 2.24) is 0 Å². The predicted molar refractivity (Wildman–Crippen MR) is 119 cm³/mol. The minimum Gasteiger partial charge on any atom is -0.474 e. The summed E-state index contributed by atoms with van der Waals surface area (Å²) in [5.41, 5.74) is -0.290. The van der Waals surface area contributed by atoms with E-state index in [0.29, 0.717) is 0 Å². The molecule has 0 aliphatic heterocycles. The van der Waals surface area contributed by atoms with Gasteiger partial charge in [0.05, 0.1) is 0 Å².